The van der Waals surface area contributed by atoms with Gasteiger partial charge < -0.3 is 15.0 Å². The van der Waals surface area contributed by atoms with Crippen molar-refractivity contribution in [2.45, 2.75) is 57.4 Å². The predicted octanol–water partition coefficient (Wildman–Crippen LogP) is 4.39. The maximum atomic E-state index is 13.0. The van der Waals surface area contributed by atoms with Crippen LogP contribution in [0.15, 0.2) is 36.5 Å². The molecule has 3 aromatic rings. The third-order valence-corrected chi connectivity index (χ3v) is 7.71. The molecule has 5 rings (SSSR count). The molecule has 1 amide bonds. The van der Waals surface area contributed by atoms with Crippen molar-refractivity contribution in [2.24, 2.45) is 13.0 Å². The zero-order valence-corrected chi connectivity index (χ0v) is 21.3. The Balaban J connectivity index is 1.06. The van der Waals surface area contributed by atoms with Crippen LogP contribution in [0.4, 0.5) is 8.78 Å². The zero-order valence-electron chi connectivity index (χ0n) is 21.3. The predicted molar refractivity (Wildman–Crippen MR) is 138 cm³/mol. The largest absolute Gasteiger partial charge is 0.472 e. The summed E-state index contributed by atoms with van der Waals surface area (Å²) in [7, 11) is 1.87. The van der Waals surface area contributed by atoms with Gasteiger partial charge in [0.25, 0.3) is 12.3 Å². The maximum Gasteiger partial charge on any atom is 0.272 e. The first-order chi connectivity index (χ1) is 17.9. The van der Waals surface area contributed by atoms with E-state index in [-0.39, 0.29) is 17.8 Å². The van der Waals surface area contributed by atoms with Crippen LogP contribution in [0.2, 0.25) is 0 Å². The van der Waals surface area contributed by atoms with Crippen LogP contribution in [-0.4, -0.2) is 64.3 Å². The van der Waals surface area contributed by atoms with Gasteiger partial charge >= 0.3 is 0 Å². The summed E-state index contributed by atoms with van der Waals surface area (Å²) in [4.78, 5) is 19.9. The van der Waals surface area contributed by atoms with Crippen molar-refractivity contribution in [3.05, 3.63) is 53.3 Å². The van der Waals surface area contributed by atoms with E-state index in [1.165, 1.54) is 5.56 Å². The molecule has 2 aromatic heterocycles. The molecule has 1 fully saturated rings. The van der Waals surface area contributed by atoms with Gasteiger partial charge in [-0.3, -0.25) is 9.48 Å². The van der Waals surface area contributed by atoms with Crippen molar-refractivity contribution in [1.29, 1.82) is 0 Å². The van der Waals surface area contributed by atoms with E-state index in [1.54, 1.807) is 10.7 Å². The molecule has 1 aromatic carbocycles. The van der Waals surface area contributed by atoms with E-state index < -0.39 is 13.0 Å². The lowest BCUT2D eigenvalue weighted by Gasteiger charge is -2.30. The Labute approximate surface area is 216 Å². The number of nitrogens with zero attached hydrogens (tertiary/aromatic N) is 4. The van der Waals surface area contributed by atoms with Gasteiger partial charge in [-0.2, -0.15) is 5.10 Å². The number of carbonyl (C=O) groups excluding carboxylic acids is 1. The maximum absolute atomic E-state index is 13.0. The lowest BCUT2D eigenvalue weighted by molar-refractivity contribution is 0.0794. The van der Waals surface area contributed by atoms with Crippen LogP contribution in [0.25, 0.3) is 10.9 Å². The van der Waals surface area contributed by atoms with Crippen molar-refractivity contribution < 1.29 is 18.3 Å². The van der Waals surface area contributed by atoms with Crippen molar-refractivity contribution in [3.8, 4) is 5.88 Å². The number of aryl methyl sites for hydroxylation is 1. The Kier molecular flexibility index (Phi) is 7.98. The molecule has 1 N–H and O–H groups in total. The lowest BCUT2D eigenvalue weighted by Crippen LogP contribution is -2.38. The van der Waals surface area contributed by atoms with Gasteiger partial charge in [-0.15, -0.1) is 0 Å². The van der Waals surface area contributed by atoms with Crippen LogP contribution in [-0.2, 0) is 19.9 Å². The van der Waals surface area contributed by atoms with Crippen molar-refractivity contribution in [2.75, 3.05) is 26.2 Å². The van der Waals surface area contributed by atoms with Gasteiger partial charge in [0.15, 0.2) is 6.61 Å². The van der Waals surface area contributed by atoms with E-state index in [4.69, 9.17) is 4.74 Å². The van der Waals surface area contributed by atoms with Crippen LogP contribution < -0.4 is 10.1 Å². The Morgan fingerprint density at radius 2 is 1.95 bits per heavy atom. The number of fused-ring (bicyclic) bond motifs is 2. The summed E-state index contributed by atoms with van der Waals surface area (Å²) in [6.45, 7) is 2.33. The fourth-order valence-electron chi connectivity index (χ4n) is 5.64. The zero-order chi connectivity index (χ0) is 25.8. The average molecular weight is 512 g/mol. The van der Waals surface area contributed by atoms with Gasteiger partial charge in [-0.05, 0) is 68.7 Å². The van der Waals surface area contributed by atoms with Crippen LogP contribution in [0.5, 0.6) is 5.88 Å². The first-order valence-corrected chi connectivity index (χ1v) is 13.3. The van der Waals surface area contributed by atoms with Crippen LogP contribution in [0, 0.1) is 5.92 Å². The number of ether oxygens (including phenoxy) is 1. The molecule has 0 bridgehead atoms. The number of halogens is 2. The Morgan fingerprint density at radius 3 is 2.76 bits per heavy atom. The fraction of sp³-hybridized carbons (Fsp3) is 0.536. The van der Waals surface area contributed by atoms with Gasteiger partial charge in [-0.25, -0.2) is 13.8 Å². The number of rotatable bonds is 8. The SMILES string of the molecule is Cn1cc2c(C(=O)NC3CCC(CCN4CCc5ccc(OCC(F)F)nc5CC4)CC3)cccc2n1. The summed E-state index contributed by atoms with van der Waals surface area (Å²) in [6.07, 6.45) is 6.56. The summed E-state index contributed by atoms with van der Waals surface area (Å²) >= 11 is 0. The number of benzene rings is 1. The first kappa shape index (κ1) is 25.6. The first-order valence-electron chi connectivity index (χ1n) is 13.3. The Bertz CT molecular complexity index is 1220. The quantitative estimate of drug-likeness (QED) is 0.486. The van der Waals surface area contributed by atoms with Crippen LogP contribution in [0.3, 0.4) is 0 Å². The smallest absolute Gasteiger partial charge is 0.272 e. The average Bonchev–Trinajstić information content (AvgIpc) is 3.16. The second-order valence-electron chi connectivity index (χ2n) is 10.3. The molecule has 3 heterocycles. The summed E-state index contributed by atoms with van der Waals surface area (Å²) in [5.41, 5.74) is 3.68. The molecule has 0 spiro atoms. The fourth-order valence-corrected chi connectivity index (χ4v) is 5.64. The third-order valence-electron chi connectivity index (χ3n) is 7.71. The number of carbonyl (C=O) groups is 1. The number of aromatic nitrogens is 3. The topological polar surface area (TPSA) is 72.3 Å². The van der Waals surface area contributed by atoms with Gasteiger partial charge in [0, 0.05) is 55.9 Å². The Hall–Kier alpha value is -3.07. The molecule has 0 atom stereocenters. The molecule has 1 aliphatic heterocycles. The minimum absolute atomic E-state index is 0.0115. The monoisotopic (exact) mass is 511 g/mol. The van der Waals surface area contributed by atoms with Gasteiger partial charge in [-0.1, -0.05) is 12.1 Å². The van der Waals surface area contributed by atoms with E-state index in [0.717, 1.165) is 81.2 Å². The highest BCUT2D eigenvalue weighted by molar-refractivity contribution is 6.06. The molecular weight excluding hydrogens is 476 g/mol. The minimum Gasteiger partial charge on any atom is -0.472 e. The molecule has 9 heteroatoms. The van der Waals surface area contributed by atoms with E-state index in [9.17, 15) is 13.6 Å². The molecule has 2 aliphatic rings. The molecular formula is C28H35F2N5O2. The number of alkyl halides is 2. The van der Waals surface area contributed by atoms with E-state index >= 15 is 0 Å². The Morgan fingerprint density at radius 1 is 1.14 bits per heavy atom. The standard InChI is InChI=1S/C28H35F2N5O2/c1-34-17-23-22(3-2-4-25(23)33-34)28(36)31-21-8-5-19(6-9-21)11-14-35-15-12-20-7-10-27(37-18-26(29)30)32-24(20)13-16-35/h2-4,7,10,17,19,21,26H,5-6,8-9,11-16,18H2,1H3,(H,31,36). The highest BCUT2D eigenvalue weighted by atomic mass is 19.3. The van der Waals surface area contributed by atoms with Gasteiger partial charge in [0.1, 0.15) is 0 Å². The van der Waals surface area contributed by atoms with Gasteiger partial charge in [0.2, 0.25) is 5.88 Å². The van der Waals surface area contributed by atoms with Gasteiger partial charge in [0.05, 0.1) is 11.1 Å². The molecule has 0 radical (unpaired) electrons. The molecule has 7 nitrogen and oxygen atoms in total. The highest BCUT2D eigenvalue weighted by Gasteiger charge is 2.25. The van der Waals surface area contributed by atoms with Crippen molar-refractivity contribution in [1.82, 2.24) is 25.0 Å². The van der Waals surface area contributed by atoms with Crippen molar-refractivity contribution >= 4 is 16.8 Å². The van der Waals surface area contributed by atoms with E-state index in [1.807, 2.05) is 37.5 Å². The second kappa shape index (κ2) is 11.5. The molecule has 37 heavy (non-hydrogen) atoms. The molecule has 1 saturated carbocycles. The minimum atomic E-state index is -2.50. The highest BCUT2D eigenvalue weighted by Crippen LogP contribution is 2.28. The molecule has 198 valence electrons. The number of hydrogen-bond acceptors (Lipinski definition) is 5. The lowest BCUT2D eigenvalue weighted by atomic mass is 9.84. The van der Waals surface area contributed by atoms with Crippen LogP contribution in [0.1, 0.15) is 53.7 Å². The third kappa shape index (κ3) is 6.44. The van der Waals surface area contributed by atoms with E-state index in [0.29, 0.717) is 11.5 Å². The van der Waals surface area contributed by atoms with Crippen LogP contribution >= 0.6 is 0 Å². The molecule has 0 unspecified atom stereocenters. The number of hydrogen-bond donors (Lipinski definition) is 1. The summed E-state index contributed by atoms with van der Waals surface area (Å²) in [6, 6.07) is 9.58. The number of pyridine rings is 1. The summed E-state index contributed by atoms with van der Waals surface area (Å²) in [5.74, 6) is 0.948. The summed E-state index contributed by atoms with van der Waals surface area (Å²) in [5, 5.41) is 8.55. The van der Waals surface area contributed by atoms with E-state index in [2.05, 4.69) is 20.3 Å². The normalized spacial score (nSPS) is 20.5. The molecule has 1 aliphatic carbocycles. The number of nitrogens with one attached hydrogen (secondary N) is 1. The van der Waals surface area contributed by atoms with Crippen molar-refractivity contribution in [3.63, 3.8) is 0 Å². The summed E-state index contributed by atoms with van der Waals surface area (Å²) < 4.78 is 31.7. The number of amides is 1. The molecule has 0 saturated heterocycles. The second-order valence-corrected chi connectivity index (χ2v) is 10.3.